The molecule has 2 fully saturated rings. The molecule has 2 atom stereocenters. The lowest BCUT2D eigenvalue weighted by atomic mass is 9.93. The molecule has 2 aliphatic heterocycles. The van der Waals surface area contributed by atoms with Gasteiger partial charge < -0.3 is 10.6 Å². The van der Waals surface area contributed by atoms with Crippen molar-refractivity contribution in [1.29, 1.82) is 0 Å². The molecule has 0 aromatic heterocycles. The number of carbonyl (C=O) groups is 1. The van der Waals surface area contributed by atoms with E-state index in [1.807, 2.05) is 24.3 Å². The smallest absolute Gasteiger partial charge is 0.234 e. The number of nitrogens with zero attached hydrogens (tertiary/aromatic N) is 1. The Labute approximate surface area is 143 Å². The quantitative estimate of drug-likeness (QED) is 0.879. The molecule has 2 aliphatic rings. The first kappa shape index (κ1) is 17.5. The minimum absolute atomic E-state index is 0. The van der Waals surface area contributed by atoms with Crippen LogP contribution in [0.5, 0.6) is 0 Å². The van der Waals surface area contributed by atoms with Crippen LogP contribution in [0.15, 0.2) is 24.3 Å². The maximum atomic E-state index is 12.0. The summed E-state index contributed by atoms with van der Waals surface area (Å²) < 4.78 is 0. The summed E-state index contributed by atoms with van der Waals surface area (Å²) in [7, 11) is 0. The Morgan fingerprint density at radius 3 is 2.86 bits per heavy atom. The molecule has 0 radical (unpaired) electrons. The second-order valence-corrected chi connectivity index (χ2v) is 6.47. The molecule has 0 spiro atoms. The highest BCUT2D eigenvalue weighted by atomic mass is 35.5. The number of carbonyl (C=O) groups excluding carboxylic acids is 1. The van der Waals surface area contributed by atoms with Gasteiger partial charge in [-0.25, -0.2) is 0 Å². The van der Waals surface area contributed by atoms with Gasteiger partial charge in [0.2, 0.25) is 5.91 Å². The Morgan fingerprint density at radius 2 is 2.09 bits per heavy atom. The van der Waals surface area contributed by atoms with E-state index in [9.17, 15) is 4.79 Å². The molecular weight excluding hydrogens is 321 g/mol. The van der Waals surface area contributed by atoms with Crippen molar-refractivity contribution in [3.63, 3.8) is 0 Å². The number of hydrogen-bond donors (Lipinski definition) is 2. The molecule has 0 aliphatic carbocycles. The Hall–Kier alpha value is -0.810. The molecule has 22 heavy (non-hydrogen) atoms. The summed E-state index contributed by atoms with van der Waals surface area (Å²) in [5, 5.41) is 7.25. The van der Waals surface area contributed by atoms with E-state index < -0.39 is 0 Å². The molecule has 1 amide bonds. The molecule has 4 nitrogen and oxygen atoms in total. The van der Waals surface area contributed by atoms with Crippen molar-refractivity contribution in [2.75, 3.05) is 26.2 Å². The van der Waals surface area contributed by atoms with Gasteiger partial charge in [-0.15, -0.1) is 12.4 Å². The average molecular weight is 344 g/mol. The summed E-state index contributed by atoms with van der Waals surface area (Å²) in [6.07, 6.45) is 2.41. The first-order chi connectivity index (χ1) is 10.2. The van der Waals surface area contributed by atoms with E-state index in [1.54, 1.807) is 0 Å². The zero-order chi connectivity index (χ0) is 14.7. The predicted molar refractivity (Wildman–Crippen MR) is 91.5 cm³/mol. The van der Waals surface area contributed by atoms with E-state index in [4.69, 9.17) is 11.6 Å². The normalized spacial score (nSPS) is 24.4. The van der Waals surface area contributed by atoms with Crippen molar-refractivity contribution >= 4 is 29.9 Å². The van der Waals surface area contributed by atoms with Gasteiger partial charge in [-0.05, 0) is 43.0 Å². The van der Waals surface area contributed by atoms with Gasteiger partial charge in [0, 0.05) is 30.7 Å². The van der Waals surface area contributed by atoms with Crippen molar-refractivity contribution in [2.24, 2.45) is 5.92 Å². The fraction of sp³-hybridized carbons (Fsp3) is 0.562. The SMILES string of the molecule is Cl.O=C(CN1CCC2NCCC2C1)NCc1ccc(Cl)cc1. The van der Waals surface area contributed by atoms with Crippen molar-refractivity contribution in [3.05, 3.63) is 34.9 Å². The highest BCUT2D eigenvalue weighted by molar-refractivity contribution is 6.30. The fourth-order valence-electron chi connectivity index (χ4n) is 3.33. The number of nitrogens with one attached hydrogen (secondary N) is 2. The van der Waals surface area contributed by atoms with E-state index in [-0.39, 0.29) is 18.3 Å². The molecule has 1 aromatic carbocycles. The van der Waals surface area contributed by atoms with Crippen molar-refractivity contribution in [3.8, 4) is 0 Å². The van der Waals surface area contributed by atoms with Crippen molar-refractivity contribution in [2.45, 2.75) is 25.4 Å². The Bertz CT molecular complexity index is 495. The fourth-order valence-corrected chi connectivity index (χ4v) is 3.45. The highest BCUT2D eigenvalue weighted by Crippen LogP contribution is 2.24. The van der Waals surface area contributed by atoms with Gasteiger partial charge in [-0.2, -0.15) is 0 Å². The maximum absolute atomic E-state index is 12.0. The summed E-state index contributed by atoms with van der Waals surface area (Å²) >= 11 is 5.85. The number of hydrogen-bond acceptors (Lipinski definition) is 3. The Balaban J connectivity index is 0.00000176. The number of rotatable bonds is 4. The molecule has 0 bridgehead atoms. The lowest BCUT2D eigenvalue weighted by Gasteiger charge is -2.34. The van der Waals surface area contributed by atoms with Crippen molar-refractivity contribution < 1.29 is 4.79 Å². The number of piperidine rings is 1. The summed E-state index contributed by atoms with van der Waals surface area (Å²) in [4.78, 5) is 14.3. The van der Waals surface area contributed by atoms with Crippen LogP contribution in [0.2, 0.25) is 5.02 Å². The van der Waals surface area contributed by atoms with Gasteiger partial charge >= 0.3 is 0 Å². The molecule has 2 saturated heterocycles. The van der Waals surface area contributed by atoms with Gasteiger partial charge in [0.25, 0.3) is 0 Å². The third kappa shape index (κ3) is 4.59. The Kier molecular flexibility index (Phi) is 6.50. The average Bonchev–Trinajstić information content (AvgIpc) is 2.94. The molecule has 2 heterocycles. The number of halogens is 2. The zero-order valence-corrected chi connectivity index (χ0v) is 14.1. The van der Waals surface area contributed by atoms with Gasteiger partial charge in [-0.3, -0.25) is 9.69 Å². The number of likely N-dealkylation sites (tertiary alicyclic amines) is 1. The van der Waals surface area contributed by atoms with Crippen LogP contribution in [-0.4, -0.2) is 43.0 Å². The van der Waals surface area contributed by atoms with E-state index in [1.165, 1.54) is 6.42 Å². The zero-order valence-electron chi connectivity index (χ0n) is 12.6. The predicted octanol–water partition coefficient (Wildman–Crippen LogP) is 2.06. The number of fused-ring (bicyclic) bond motifs is 1. The van der Waals surface area contributed by atoms with Crippen LogP contribution < -0.4 is 10.6 Å². The van der Waals surface area contributed by atoms with Gasteiger partial charge in [0.15, 0.2) is 0 Å². The van der Waals surface area contributed by atoms with Crippen LogP contribution in [0, 0.1) is 5.92 Å². The molecule has 3 rings (SSSR count). The molecular formula is C16H23Cl2N3O. The van der Waals surface area contributed by atoms with E-state index in [0.29, 0.717) is 19.1 Å². The first-order valence-corrected chi connectivity index (χ1v) is 8.05. The van der Waals surface area contributed by atoms with Gasteiger partial charge in [0.05, 0.1) is 6.54 Å². The van der Waals surface area contributed by atoms with E-state index in [2.05, 4.69) is 15.5 Å². The second-order valence-electron chi connectivity index (χ2n) is 6.04. The molecule has 6 heteroatoms. The monoisotopic (exact) mass is 343 g/mol. The highest BCUT2D eigenvalue weighted by Gasteiger charge is 2.32. The van der Waals surface area contributed by atoms with Crippen LogP contribution >= 0.6 is 24.0 Å². The van der Waals surface area contributed by atoms with Crippen LogP contribution in [0.3, 0.4) is 0 Å². The van der Waals surface area contributed by atoms with Crippen LogP contribution in [-0.2, 0) is 11.3 Å². The van der Waals surface area contributed by atoms with Gasteiger partial charge in [0.1, 0.15) is 0 Å². The Morgan fingerprint density at radius 1 is 1.32 bits per heavy atom. The summed E-state index contributed by atoms with van der Waals surface area (Å²) in [6, 6.07) is 8.26. The van der Waals surface area contributed by atoms with E-state index >= 15 is 0 Å². The summed E-state index contributed by atoms with van der Waals surface area (Å²) in [5.74, 6) is 0.831. The maximum Gasteiger partial charge on any atom is 0.234 e. The summed E-state index contributed by atoms with van der Waals surface area (Å²) in [6.45, 7) is 4.27. The summed E-state index contributed by atoms with van der Waals surface area (Å²) in [5.41, 5.74) is 1.08. The number of amides is 1. The first-order valence-electron chi connectivity index (χ1n) is 7.67. The minimum atomic E-state index is 0. The standard InChI is InChI=1S/C16H22ClN3O.ClH/c17-14-3-1-12(2-4-14)9-19-16(21)11-20-8-6-15-13(10-20)5-7-18-15;/h1-4,13,15,18H,5-11H2,(H,19,21);1H. The van der Waals surface area contributed by atoms with Crippen LogP contribution in [0.25, 0.3) is 0 Å². The third-order valence-electron chi connectivity index (χ3n) is 4.51. The third-order valence-corrected chi connectivity index (χ3v) is 4.76. The van der Waals surface area contributed by atoms with E-state index in [0.717, 1.165) is 42.6 Å². The van der Waals surface area contributed by atoms with Crippen molar-refractivity contribution in [1.82, 2.24) is 15.5 Å². The topological polar surface area (TPSA) is 44.4 Å². The second kappa shape index (κ2) is 8.16. The number of benzene rings is 1. The van der Waals surface area contributed by atoms with Crippen LogP contribution in [0.1, 0.15) is 18.4 Å². The molecule has 1 aromatic rings. The molecule has 122 valence electrons. The van der Waals surface area contributed by atoms with Crippen LogP contribution in [0.4, 0.5) is 0 Å². The molecule has 2 unspecified atom stereocenters. The molecule has 0 saturated carbocycles. The lowest BCUT2D eigenvalue weighted by Crippen LogP contribution is -2.47. The minimum Gasteiger partial charge on any atom is -0.351 e. The lowest BCUT2D eigenvalue weighted by molar-refractivity contribution is -0.122. The van der Waals surface area contributed by atoms with Gasteiger partial charge in [-0.1, -0.05) is 23.7 Å². The largest absolute Gasteiger partial charge is 0.351 e. The molecule has 2 N–H and O–H groups in total.